The van der Waals surface area contributed by atoms with Crippen LogP contribution in [0.3, 0.4) is 0 Å². The van der Waals surface area contributed by atoms with Crippen LogP contribution < -0.4 is 10.8 Å². The molecule has 0 radical (unpaired) electrons. The molecule has 0 amide bonds. The maximum absolute atomic E-state index is 10.8. The van der Waals surface area contributed by atoms with Crippen molar-refractivity contribution in [2.45, 2.75) is 26.7 Å². The molecule has 1 aromatic carbocycles. The molecule has 1 unspecified atom stereocenters. The van der Waals surface area contributed by atoms with Gasteiger partial charge < -0.3 is 15.9 Å². The summed E-state index contributed by atoms with van der Waals surface area (Å²) in [6.45, 7) is 5.21. The third-order valence-corrected chi connectivity index (χ3v) is 4.40. The molecule has 1 atom stereocenters. The van der Waals surface area contributed by atoms with E-state index in [-0.39, 0.29) is 17.7 Å². The number of carboxylic acids is 2. The van der Waals surface area contributed by atoms with Gasteiger partial charge in [-0.25, -0.2) is 4.79 Å². The van der Waals surface area contributed by atoms with Crippen LogP contribution in [0.25, 0.3) is 0 Å². The Morgan fingerprint density at radius 3 is 2.62 bits per heavy atom. The lowest BCUT2D eigenvalue weighted by molar-refractivity contribution is -0.145. The molecular formula is C19H24N2O5. The highest BCUT2D eigenvalue weighted by Gasteiger charge is 2.36. The van der Waals surface area contributed by atoms with Crippen LogP contribution >= 0.6 is 0 Å². The molecule has 0 fully saturated rings. The fourth-order valence-corrected chi connectivity index (χ4v) is 2.85. The lowest BCUT2D eigenvalue weighted by atomic mass is 9.79. The van der Waals surface area contributed by atoms with Gasteiger partial charge in [0.2, 0.25) is 0 Å². The number of carboxylic acid groups (broad SMARTS) is 2. The predicted molar refractivity (Wildman–Crippen MR) is 97.5 cm³/mol. The van der Waals surface area contributed by atoms with Gasteiger partial charge >= 0.3 is 11.9 Å². The molecule has 7 heteroatoms. The molecule has 0 aromatic heterocycles. The Morgan fingerprint density at radius 1 is 1.31 bits per heavy atom. The molecule has 26 heavy (non-hydrogen) atoms. The zero-order chi connectivity index (χ0) is 19.3. The molecule has 0 saturated carbocycles. The summed E-state index contributed by atoms with van der Waals surface area (Å²) in [5, 5.41) is 19.6. The summed E-state index contributed by atoms with van der Waals surface area (Å²) < 4.78 is 0. The van der Waals surface area contributed by atoms with Crippen molar-refractivity contribution in [3.8, 4) is 0 Å². The predicted octanol–water partition coefficient (Wildman–Crippen LogP) is 2.34. The van der Waals surface area contributed by atoms with Crippen LogP contribution in [0.15, 0.2) is 47.7 Å². The maximum Gasteiger partial charge on any atom is 0.333 e. The average molecular weight is 360 g/mol. The van der Waals surface area contributed by atoms with Gasteiger partial charge in [0.25, 0.3) is 0 Å². The fraction of sp³-hybridized carbons (Fsp3) is 0.368. The van der Waals surface area contributed by atoms with E-state index < -0.39 is 17.4 Å². The zero-order valence-electron chi connectivity index (χ0n) is 14.9. The minimum atomic E-state index is -1.17. The molecule has 1 aliphatic heterocycles. The van der Waals surface area contributed by atoms with Crippen molar-refractivity contribution >= 4 is 17.6 Å². The Kier molecular flexibility index (Phi) is 6.05. The first-order valence-corrected chi connectivity index (χ1v) is 8.41. The number of para-hydroxylation sites is 1. The third kappa shape index (κ3) is 4.23. The molecule has 0 saturated heterocycles. The number of nitrogens with zero attached hydrogens (tertiary/aromatic N) is 1. The van der Waals surface area contributed by atoms with Crippen LogP contribution in [0.5, 0.6) is 0 Å². The van der Waals surface area contributed by atoms with E-state index in [1.165, 1.54) is 30.3 Å². The SMILES string of the molecule is CC1(C(=O)O)C=CC(N)=C(C(=O)O)C1.CCON1CCc2ccccc21. The number of allylic oxidation sites excluding steroid dienone is 1. The summed E-state index contributed by atoms with van der Waals surface area (Å²) in [4.78, 5) is 27.0. The van der Waals surface area contributed by atoms with Crippen molar-refractivity contribution in [2.75, 3.05) is 18.2 Å². The summed E-state index contributed by atoms with van der Waals surface area (Å²) in [6, 6.07) is 8.40. The van der Waals surface area contributed by atoms with Crippen molar-refractivity contribution in [2.24, 2.45) is 11.1 Å². The molecule has 0 spiro atoms. The smallest absolute Gasteiger partial charge is 0.333 e. The van der Waals surface area contributed by atoms with Crippen LogP contribution in [0.2, 0.25) is 0 Å². The Labute approximate surface area is 152 Å². The van der Waals surface area contributed by atoms with E-state index in [1.807, 2.05) is 12.0 Å². The molecule has 1 aliphatic carbocycles. The third-order valence-electron chi connectivity index (χ3n) is 4.40. The minimum absolute atomic E-state index is 0.0441. The molecule has 4 N–H and O–H groups in total. The highest BCUT2D eigenvalue weighted by Crippen LogP contribution is 2.33. The Morgan fingerprint density at radius 2 is 2.00 bits per heavy atom. The first-order valence-electron chi connectivity index (χ1n) is 8.41. The number of anilines is 1. The Balaban J connectivity index is 0.000000189. The number of aliphatic carboxylic acids is 2. The summed E-state index contributed by atoms with van der Waals surface area (Å²) >= 11 is 0. The lowest BCUT2D eigenvalue weighted by Crippen LogP contribution is -2.30. The normalized spacial score (nSPS) is 21.1. The molecule has 1 heterocycles. The van der Waals surface area contributed by atoms with Gasteiger partial charge in [-0.05, 0) is 38.0 Å². The van der Waals surface area contributed by atoms with Gasteiger partial charge in [0, 0.05) is 18.7 Å². The fourth-order valence-electron chi connectivity index (χ4n) is 2.85. The van der Waals surface area contributed by atoms with Crippen molar-refractivity contribution in [1.82, 2.24) is 0 Å². The van der Waals surface area contributed by atoms with Gasteiger partial charge in [-0.1, -0.05) is 24.3 Å². The Hall–Kier alpha value is -2.80. The zero-order valence-corrected chi connectivity index (χ0v) is 14.9. The van der Waals surface area contributed by atoms with Gasteiger partial charge in [0.15, 0.2) is 0 Å². The van der Waals surface area contributed by atoms with E-state index in [0.29, 0.717) is 0 Å². The largest absolute Gasteiger partial charge is 0.481 e. The van der Waals surface area contributed by atoms with E-state index in [0.717, 1.165) is 19.6 Å². The van der Waals surface area contributed by atoms with Gasteiger partial charge in [-0.3, -0.25) is 14.7 Å². The van der Waals surface area contributed by atoms with Gasteiger partial charge in [0.1, 0.15) is 0 Å². The summed E-state index contributed by atoms with van der Waals surface area (Å²) in [5.74, 6) is -2.22. The highest BCUT2D eigenvalue weighted by atomic mass is 16.7. The van der Waals surface area contributed by atoms with Crippen LogP contribution in [-0.2, 0) is 20.8 Å². The molecule has 3 rings (SSSR count). The maximum atomic E-state index is 10.8. The lowest BCUT2D eigenvalue weighted by Gasteiger charge is -2.24. The van der Waals surface area contributed by atoms with Gasteiger partial charge in [-0.15, -0.1) is 0 Å². The van der Waals surface area contributed by atoms with Crippen LogP contribution in [0.1, 0.15) is 25.8 Å². The first kappa shape index (κ1) is 19.5. The van der Waals surface area contributed by atoms with E-state index in [9.17, 15) is 9.59 Å². The number of hydrogen-bond donors (Lipinski definition) is 3. The summed E-state index contributed by atoms with van der Waals surface area (Å²) in [5.41, 5.74) is 6.96. The number of carbonyl (C=O) groups is 2. The van der Waals surface area contributed by atoms with Gasteiger partial charge in [0.05, 0.1) is 23.3 Å². The number of benzene rings is 1. The molecule has 7 nitrogen and oxygen atoms in total. The van der Waals surface area contributed by atoms with Crippen molar-refractivity contribution in [1.29, 1.82) is 0 Å². The second kappa shape index (κ2) is 8.05. The summed E-state index contributed by atoms with van der Waals surface area (Å²) in [6.07, 6.45) is 3.77. The average Bonchev–Trinajstić information content (AvgIpc) is 3.01. The van der Waals surface area contributed by atoms with Crippen LogP contribution in [-0.4, -0.2) is 35.3 Å². The molecule has 1 aromatic rings. The Bertz CT molecular complexity index is 754. The highest BCUT2D eigenvalue weighted by molar-refractivity contribution is 5.91. The van der Waals surface area contributed by atoms with Crippen LogP contribution in [0.4, 0.5) is 5.69 Å². The number of rotatable bonds is 4. The topological polar surface area (TPSA) is 113 Å². The molecule has 140 valence electrons. The standard InChI is InChI=1S/C10H13NO.C9H11NO4/c1-2-12-11-8-7-9-5-3-4-6-10(9)11;1-9(8(13)14)3-2-6(10)5(4-9)7(11)12/h3-6H,2,7-8H2,1H3;2-3H,4,10H2,1H3,(H,11,12)(H,13,14). The molecule has 2 aliphatic rings. The van der Waals surface area contributed by atoms with E-state index in [1.54, 1.807) is 0 Å². The van der Waals surface area contributed by atoms with Crippen molar-refractivity contribution in [3.05, 3.63) is 53.3 Å². The number of hydroxylamine groups is 1. The van der Waals surface area contributed by atoms with Crippen molar-refractivity contribution in [3.63, 3.8) is 0 Å². The monoisotopic (exact) mass is 360 g/mol. The second-order valence-corrected chi connectivity index (χ2v) is 6.37. The first-order chi connectivity index (χ1) is 12.3. The number of fused-ring (bicyclic) bond motifs is 1. The quantitative estimate of drug-likeness (QED) is 0.755. The van der Waals surface area contributed by atoms with Crippen LogP contribution in [0, 0.1) is 5.41 Å². The van der Waals surface area contributed by atoms with Gasteiger partial charge in [-0.2, -0.15) is 0 Å². The van der Waals surface area contributed by atoms with Crippen molar-refractivity contribution < 1.29 is 24.6 Å². The number of nitrogens with two attached hydrogens (primary N) is 1. The van der Waals surface area contributed by atoms with E-state index in [4.69, 9.17) is 20.8 Å². The number of hydrogen-bond acceptors (Lipinski definition) is 5. The second-order valence-electron chi connectivity index (χ2n) is 6.37. The van der Waals surface area contributed by atoms with E-state index >= 15 is 0 Å². The summed E-state index contributed by atoms with van der Waals surface area (Å²) in [7, 11) is 0. The molecular weight excluding hydrogens is 336 g/mol. The molecule has 0 bridgehead atoms. The van der Waals surface area contributed by atoms with E-state index in [2.05, 4.69) is 24.3 Å². The minimum Gasteiger partial charge on any atom is -0.481 e.